The number of hydrogen-bond donors (Lipinski definition) is 1. The molecule has 1 saturated carbocycles. The van der Waals surface area contributed by atoms with Gasteiger partial charge in [0.25, 0.3) is 0 Å². The lowest BCUT2D eigenvalue weighted by atomic mass is 9.89. The maximum atomic E-state index is 12.0. The van der Waals surface area contributed by atoms with Crippen molar-refractivity contribution in [2.45, 2.75) is 65.8 Å². The van der Waals surface area contributed by atoms with Gasteiger partial charge in [-0.1, -0.05) is 34.1 Å². The lowest BCUT2D eigenvalue weighted by Gasteiger charge is -2.17. The number of Topliss-reactive ketones (excluding diaryl/α,β-unsaturated/α-hetero) is 1. The van der Waals surface area contributed by atoms with Gasteiger partial charge in [0.15, 0.2) is 0 Å². The summed E-state index contributed by atoms with van der Waals surface area (Å²) in [6, 6.07) is 0.575. The van der Waals surface area contributed by atoms with Gasteiger partial charge in [0.1, 0.15) is 5.78 Å². The van der Waals surface area contributed by atoms with Crippen LogP contribution in [0.15, 0.2) is 0 Å². The van der Waals surface area contributed by atoms with Gasteiger partial charge in [0.05, 0.1) is 0 Å². The highest BCUT2D eigenvalue weighted by Gasteiger charge is 2.25. The smallest absolute Gasteiger partial charge is 0.138 e. The molecule has 0 aromatic heterocycles. The molecule has 2 atom stereocenters. The van der Waals surface area contributed by atoms with Crippen molar-refractivity contribution in [2.75, 3.05) is 6.54 Å². The maximum Gasteiger partial charge on any atom is 0.138 e. The van der Waals surface area contributed by atoms with Crippen molar-refractivity contribution in [2.24, 2.45) is 17.8 Å². The highest BCUT2D eigenvalue weighted by Crippen LogP contribution is 2.29. The van der Waals surface area contributed by atoms with E-state index in [0.29, 0.717) is 17.7 Å². The number of nitrogens with one attached hydrogen (secondary N) is 1. The molecule has 0 amide bonds. The fraction of sp³-hybridized carbons (Fsp3) is 0.933. The van der Waals surface area contributed by atoms with Crippen LogP contribution < -0.4 is 5.32 Å². The molecule has 1 fully saturated rings. The summed E-state index contributed by atoms with van der Waals surface area (Å²) in [6.07, 6.45) is 5.98. The van der Waals surface area contributed by atoms with Crippen molar-refractivity contribution in [3.63, 3.8) is 0 Å². The predicted molar refractivity (Wildman–Crippen MR) is 73.0 cm³/mol. The van der Waals surface area contributed by atoms with Crippen LogP contribution in [0.5, 0.6) is 0 Å². The molecule has 2 heteroatoms. The Kier molecular flexibility index (Phi) is 6.18. The van der Waals surface area contributed by atoms with Crippen LogP contribution in [0.3, 0.4) is 0 Å². The van der Waals surface area contributed by atoms with Crippen LogP contribution in [-0.4, -0.2) is 18.4 Å². The van der Waals surface area contributed by atoms with Crippen LogP contribution in [0.4, 0.5) is 0 Å². The van der Waals surface area contributed by atoms with Gasteiger partial charge in [-0.2, -0.15) is 0 Å². The van der Waals surface area contributed by atoms with E-state index in [1.54, 1.807) is 0 Å². The van der Waals surface area contributed by atoms with Crippen molar-refractivity contribution >= 4 is 5.78 Å². The zero-order valence-corrected chi connectivity index (χ0v) is 12.0. The van der Waals surface area contributed by atoms with Gasteiger partial charge in [-0.15, -0.1) is 0 Å². The highest BCUT2D eigenvalue weighted by molar-refractivity contribution is 5.82. The molecule has 0 saturated heterocycles. The fourth-order valence-corrected chi connectivity index (χ4v) is 2.74. The topological polar surface area (TPSA) is 29.1 Å². The second-order valence-corrected chi connectivity index (χ2v) is 6.19. The van der Waals surface area contributed by atoms with Crippen LogP contribution in [0.1, 0.15) is 59.8 Å². The summed E-state index contributed by atoms with van der Waals surface area (Å²) in [5, 5.41) is 3.52. The van der Waals surface area contributed by atoms with Gasteiger partial charge in [-0.05, 0) is 38.1 Å². The van der Waals surface area contributed by atoms with Crippen molar-refractivity contribution in [1.82, 2.24) is 5.32 Å². The molecule has 100 valence electrons. The minimum Gasteiger partial charge on any atom is -0.314 e. The monoisotopic (exact) mass is 239 g/mol. The summed E-state index contributed by atoms with van der Waals surface area (Å²) in [5.41, 5.74) is 0. The predicted octanol–water partition coefficient (Wildman–Crippen LogP) is 3.41. The minimum atomic E-state index is 0.213. The van der Waals surface area contributed by atoms with Crippen LogP contribution in [0.2, 0.25) is 0 Å². The zero-order chi connectivity index (χ0) is 12.8. The van der Waals surface area contributed by atoms with Crippen LogP contribution in [-0.2, 0) is 4.79 Å². The van der Waals surface area contributed by atoms with Crippen molar-refractivity contribution < 1.29 is 4.79 Å². The molecule has 0 aromatic carbocycles. The molecule has 0 aliphatic heterocycles. The molecule has 2 unspecified atom stereocenters. The van der Waals surface area contributed by atoms with Crippen molar-refractivity contribution in [3.05, 3.63) is 0 Å². The Hall–Kier alpha value is -0.370. The lowest BCUT2D eigenvalue weighted by molar-refractivity contribution is -0.126. The third-order valence-corrected chi connectivity index (χ3v) is 3.87. The van der Waals surface area contributed by atoms with Crippen LogP contribution in [0.25, 0.3) is 0 Å². The summed E-state index contributed by atoms with van der Waals surface area (Å²) in [7, 11) is 0. The standard InChI is InChI=1S/C15H29NO/c1-11(2)15(17)14-7-5-6-13(8-9-14)10-16-12(3)4/h11-14,16H,5-10H2,1-4H3. The zero-order valence-electron chi connectivity index (χ0n) is 12.0. The normalized spacial score (nSPS) is 26.2. The second kappa shape index (κ2) is 7.15. The molecule has 2 nitrogen and oxygen atoms in total. The molecule has 0 heterocycles. The Morgan fingerprint density at radius 3 is 2.41 bits per heavy atom. The number of rotatable bonds is 5. The molecular formula is C15H29NO. The second-order valence-electron chi connectivity index (χ2n) is 6.19. The van der Waals surface area contributed by atoms with E-state index in [9.17, 15) is 4.79 Å². The molecular weight excluding hydrogens is 210 g/mol. The molecule has 0 bridgehead atoms. The number of hydrogen-bond acceptors (Lipinski definition) is 2. The summed E-state index contributed by atoms with van der Waals surface area (Å²) in [5.74, 6) is 1.83. The summed E-state index contributed by atoms with van der Waals surface area (Å²) in [4.78, 5) is 12.0. The Labute approximate surface area is 107 Å². The SMILES string of the molecule is CC(C)NCC1CCCC(C(=O)C(C)C)CC1. The molecule has 17 heavy (non-hydrogen) atoms. The third-order valence-electron chi connectivity index (χ3n) is 3.87. The van der Waals surface area contributed by atoms with E-state index in [1.165, 1.54) is 19.3 Å². The first-order valence-electron chi connectivity index (χ1n) is 7.27. The Balaban J connectivity index is 2.36. The van der Waals surface area contributed by atoms with E-state index in [4.69, 9.17) is 0 Å². The van der Waals surface area contributed by atoms with Crippen LogP contribution in [0, 0.1) is 17.8 Å². The third kappa shape index (κ3) is 5.20. The molecule has 0 spiro atoms. The van der Waals surface area contributed by atoms with Gasteiger partial charge in [0.2, 0.25) is 0 Å². The number of carbonyl (C=O) groups is 1. The van der Waals surface area contributed by atoms with Crippen molar-refractivity contribution in [3.8, 4) is 0 Å². The van der Waals surface area contributed by atoms with Gasteiger partial charge in [-0.25, -0.2) is 0 Å². The molecule has 1 N–H and O–H groups in total. The Bertz CT molecular complexity index is 235. The fourth-order valence-electron chi connectivity index (χ4n) is 2.74. The minimum absolute atomic E-state index is 0.213. The largest absolute Gasteiger partial charge is 0.314 e. The molecule has 1 rings (SSSR count). The first-order chi connectivity index (χ1) is 8.00. The van der Waals surface area contributed by atoms with Gasteiger partial charge in [0, 0.05) is 17.9 Å². The van der Waals surface area contributed by atoms with E-state index >= 15 is 0 Å². The van der Waals surface area contributed by atoms with Crippen molar-refractivity contribution in [1.29, 1.82) is 0 Å². The molecule has 0 aromatic rings. The summed E-state index contributed by atoms with van der Waals surface area (Å²) in [6.45, 7) is 9.58. The Morgan fingerprint density at radius 2 is 1.82 bits per heavy atom. The van der Waals surface area contributed by atoms with E-state index in [2.05, 4.69) is 19.2 Å². The Morgan fingerprint density at radius 1 is 1.12 bits per heavy atom. The van der Waals surface area contributed by atoms with Gasteiger partial charge >= 0.3 is 0 Å². The first-order valence-corrected chi connectivity index (χ1v) is 7.27. The summed E-state index contributed by atoms with van der Waals surface area (Å²) >= 11 is 0. The molecule has 1 aliphatic carbocycles. The number of carbonyl (C=O) groups excluding carboxylic acids is 1. The van der Waals surface area contributed by atoms with Crippen LogP contribution >= 0.6 is 0 Å². The quantitative estimate of drug-likeness (QED) is 0.745. The highest BCUT2D eigenvalue weighted by atomic mass is 16.1. The number of ketones is 1. The van der Waals surface area contributed by atoms with E-state index < -0.39 is 0 Å². The molecule has 1 aliphatic rings. The first kappa shape index (κ1) is 14.7. The average Bonchev–Trinajstić information content (AvgIpc) is 2.50. The van der Waals surface area contributed by atoms with E-state index in [-0.39, 0.29) is 5.92 Å². The average molecular weight is 239 g/mol. The molecule has 0 radical (unpaired) electrons. The summed E-state index contributed by atoms with van der Waals surface area (Å²) < 4.78 is 0. The maximum absolute atomic E-state index is 12.0. The van der Waals surface area contributed by atoms with Gasteiger partial charge in [-0.3, -0.25) is 4.79 Å². The lowest BCUT2D eigenvalue weighted by Crippen LogP contribution is -2.28. The van der Waals surface area contributed by atoms with Gasteiger partial charge < -0.3 is 5.32 Å². The van der Waals surface area contributed by atoms with E-state index in [0.717, 1.165) is 25.3 Å². The van der Waals surface area contributed by atoms with E-state index in [1.807, 2.05) is 13.8 Å².